The largest absolute Gasteiger partial charge is 0.471 e. The molecule has 1 aliphatic rings. The predicted octanol–water partition coefficient (Wildman–Crippen LogP) is 3.81. The number of hydrogen-bond donors (Lipinski definition) is 4. The number of esters is 2. The van der Waals surface area contributed by atoms with E-state index in [0.717, 1.165) is 37.6 Å². The molecule has 1 aliphatic heterocycles. The topological polar surface area (TPSA) is 269 Å². The molecule has 5 amide bonds. The molecule has 23 heteroatoms. The Kier molecular flexibility index (Phi) is 19.4. The summed E-state index contributed by atoms with van der Waals surface area (Å²) in [5.74, 6) is -6.01. The number of rotatable bonds is 23. The number of benzene rings is 1. The average Bonchev–Trinajstić information content (AvgIpc) is 3.71. The van der Waals surface area contributed by atoms with Crippen LogP contribution >= 0.6 is 0 Å². The molecule has 0 saturated carbocycles. The van der Waals surface area contributed by atoms with Crippen LogP contribution < -0.4 is 26.4 Å². The number of nitrogens with one attached hydrogen (secondary N) is 4. The molecule has 1 saturated heterocycles. The molecule has 3 atom stereocenters. The van der Waals surface area contributed by atoms with Gasteiger partial charge in [-0.05, 0) is 49.9 Å². The fourth-order valence-corrected chi connectivity index (χ4v) is 7.13. The Morgan fingerprint density at radius 1 is 0.940 bits per heavy atom. The lowest BCUT2D eigenvalue weighted by Crippen LogP contribution is -2.42. The molecule has 3 aromatic rings. The third-order valence-corrected chi connectivity index (χ3v) is 10.9. The summed E-state index contributed by atoms with van der Waals surface area (Å²) < 4.78 is 51.7. The van der Waals surface area contributed by atoms with E-state index in [1.807, 2.05) is 6.92 Å². The van der Waals surface area contributed by atoms with Gasteiger partial charge in [-0.15, -0.1) is 0 Å². The van der Waals surface area contributed by atoms with Gasteiger partial charge in [0.15, 0.2) is 11.2 Å². The van der Waals surface area contributed by atoms with Gasteiger partial charge in [0, 0.05) is 62.4 Å². The fraction of sp³-hybridized carbons (Fsp3) is 0.545. The Bertz CT molecular complexity index is 2340. The fourth-order valence-electron chi connectivity index (χ4n) is 7.13. The Balaban J connectivity index is 1.27. The number of amides is 5. The highest BCUT2D eigenvalue weighted by Crippen LogP contribution is 2.27. The summed E-state index contributed by atoms with van der Waals surface area (Å²) >= 11 is 0. The Hall–Kier alpha value is -6.81. The zero-order valence-corrected chi connectivity index (χ0v) is 38.0. The van der Waals surface area contributed by atoms with E-state index in [4.69, 9.17) is 9.47 Å². The van der Waals surface area contributed by atoms with Gasteiger partial charge in [-0.1, -0.05) is 33.6 Å². The summed E-state index contributed by atoms with van der Waals surface area (Å²) in [6.07, 6.45) is -0.774. The predicted molar refractivity (Wildman–Crippen MR) is 234 cm³/mol. The maximum absolute atomic E-state index is 13.8. The minimum atomic E-state index is -5.34. The van der Waals surface area contributed by atoms with E-state index in [1.165, 1.54) is 7.05 Å². The van der Waals surface area contributed by atoms with Crippen LogP contribution in [0.25, 0.3) is 11.2 Å². The van der Waals surface area contributed by atoms with E-state index in [0.29, 0.717) is 56.4 Å². The van der Waals surface area contributed by atoms with Crippen LogP contribution in [0.4, 0.5) is 24.8 Å². The number of nitrogens with zero attached hydrogens (tertiary/aromatic N) is 5. The zero-order valence-electron chi connectivity index (χ0n) is 38.0. The minimum Gasteiger partial charge on any atom is -0.467 e. The van der Waals surface area contributed by atoms with Crippen molar-refractivity contribution in [3.63, 3.8) is 0 Å². The molecule has 0 radical (unpaired) electrons. The summed E-state index contributed by atoms with van der Waals surface area (Å²) in [4.78, 5) is 129. The molecule has 1 fully saturated rings. The van der Waals surface area contributed by atoms with Crippen LogP contribution in [0.3, 0.4) is 0 Å². The number of ketones is 1. The molecule has 1 aromatic carbocycles. The van der Waals surface area contributed by atoms with Crippen LogP contribution in [0, 0.1) is 5.92 Å². The first-order valence-corrected chi connectivity index (χ1v) is 21.9. The SMILES string of the molecule is CC[C@@H]1C[C@@H](OC(=O)CCC(=O)NC)CN1C(=O)CCCCCCC(=O)CC[C@H](NC(=O)c1ccc(N(Cc2cnc3nc(NC(=O)C(C)C)[nH]c(=O)c3n2)C(=O)C(F)(F)F)cc1)C(=O)OC. The first-order valence-electron chi connectivity index (χ1n) is 21.9. The molecular weight excluding hydrogens is 888 g/mol. The second-order valence-electron chi connectivity index (χ2n) is 16.2. The van der Waals surface area contributed by atoms with Gasteiger partial charge in [0.1, 0.15) is 17.9 Å². The van der Waals surface area contributed by atoms with Gasteiger partial charge in [-0.2, -0.15) is 18.2 Å². The molecule has 0 bridgehead atoms. The van der Waals surface area contributed by atoms with Crippen LogP contribution in [0.2, 0.25) is 0 Å². The number of Topliss-reactive ketones (excluding diaryl/α,β-unsaturated/α-hetero) is 1. The number of aromatic nitrogens is 4. The summed E-state index contributed by atoms with van der Waals surface area (Å²) in [6, 6.07) is 3.09. The Labute approximate surface area is 383 Å². The second-order valence-corrected chi connectivity index (χ2v) is 16.2. The number of anilines is 2. The Morgan fingerprint density at radius 3 is 2.25 bits per heavy atom. The third kappa shape index (κ3) is 15.7. The number of H-pyrrole nitrogens is 1. The van der Waals surface area contributed by atoms with Gasteiger partial charge < -0.3 is 25.0 Å². The lowest BCUT2D eigenvalue weighted by molar-refractivity contribution is -0.170. The van der Waals surface area contributed by atoms with Crippen molar-refractivity contribution in [2.75, 3.05) is 30.9 Å². The first kappa shape index (κ1) is 52.8. The summed E-state index contributed by atoms with van der Waals surface area (Å²) in [6.45, 7) is 4.68. The summed E-state index contributed by atoms with van der Waals surface area (Å²) in [5.41, 5.74) is -2.06. The number of unbranched alkanes of at least 4 members (excludes halogenated alkanes) is 3. The van der Waals surface area contributed by atoms with Gasteiger partial charge in [0.2, 0.25) is 23.7 Å². The van der Waals surface area contributed by atoms with Gasteiger partial charge in [0.05, 0.1) is 38.5 Å². The summed E-state index contributed by atoms with van der Waals surface area (Å²) in [5, 5.41) is 7.34. The maximum Gasteiger partial charge on any atom is 0.471 e. The minimum absolute atomic E-state index is 0.0255. The molecule has 4 rings (SSSR count). The van der Waals surface area contributed by atoms with E-state index in [1.54, 1.807) is 18.7 Å². The smallest absolute Gasteiger partial charge is 0.467 e. The van der Waals surface area contributed by atoms with Gasteiger partial charge in [-0.3, -0.25) is 53.6 Å². The van der Waals surface area contributed by atoms with Crippen molar-refractivity contribution in [2.45, 2.75) is 129 Å². The van der Waals surface area contributed by atoms with E-state index in [2.05, 4.69) is 35.9 Å². The molecule has 0 unspecified atom stereocenters. The number of aromatic amines is 1. The summed E-state index contributed by atoms with van der Waals surface area (Å²) in [7, 11) is 2.58. The highest BCUT2D eigenvalue weighted by atomic mass is 19.4. The Morgan fingerprint density at radius 2 is 1.63 bits per heavy atom. The van der Waals surface area contributed by atoms with Gasteiger partial charge >= 0.3 is 24.0 Å². The van der Waals surface area contributed by atoms with Crippen molar-refractivity contribution in [1.29, 1.82) is 0 Å². The van der Waals surface area contributed by atoms with Crippen molar-refractivity contribution in [3.05, 3.63) is 52.1 Å². The molecule has 2 aromatic heterocycles. The number of carbonyl (C=O) groups excluding carboxylic acids is 8. The van der Waals surface area contributed by atoms with E-state index < -0.39 is 66.0 Å². The van der Waals surface area contributed by atoms with E-state index in [-0.39, 0.29) is 89.8 Å². The van der Waals surface area contributed by atoms with Crippen molar-refractivity contribution in [3.8, 4) is 0 Å². The van der Waals surface area contributed by atoms with Gasteiger partial charge in [-0.25, -0.2) is 14.8 Å². The van der Waals surface area contributed by atoms with Crippen LogP contribution in [-0.4, -0.2) is 117 Å². The quantitative estimate of drug-likeness (QED) is 0.0778. The lowest BCUT2D eigenvalue weighted by atomic mass is 10.0. The molecule has 0 spiro atoms. The highest BCUT2D eigenvalue weighted by Gasteiger charge is 2.43. The maximum atomic E-state index is 13.8. The van der Waals surface area contributed by atoms with Crippen LogP contribution in [-0.2, 0) is 49.6 Å². The van der Waals surface area contributed by atoms with Crippen molar-refractivity contribution in [1.82, 2.24) is 35.5 Å². The number of halogens is 3. The number of hydrogen-bond acceptors (Lipinski definition) is 14. The number of ether oxygens (including phenoxy) is 2. The number of likely N-dealkylation sites (tertiary alicyclic amines) is 1. The number of fused-ring (bicyclic) bond motifs is 1. The molecular formula is C44H56F3N9O11. The zero-order chi connectivity index (χ0) is 49.4. The van der Waals surface area contributed by atoms with E-state index >= 15 is 0 Å². The third-order valence-electron chi connectivity index (χ3n) is 10.9. The van der Waals surface area contributed by atoms with Crippen LogP contribution in [0.15, 0.2) is 35.3 Å². The normalized spacial score (nSPS) is 15.1. The first-order chi connectivity index (χ1) is 31.7. The van der Waals surface area contributed by atoms with Crippen LogP contribution in [0.1, 0.15) is 114 Å². The average molecular weight is 944 g/mol. The lowest BCUT2D eigenvalue weighted by Gasteiger charge is -2.24. The van der Waals surface area contributed by atoms with Crippen molar-refractivity contribution < 1.29 is 61.0 Å². The standard InChI is InChI=1S/C44H56F3N9O11/c1-6-28-21-31(67-35(60)20-19-33(58)48-4)24-55(28)34(59)12-10-8-7-9-11-30(57)17-18-32(41(64)66-5)51-39(62)26-13-15-29(16-14-26)56(42(65)44(45,46)47)23-27-22-49-37-36(50-27)40(63)54-43(52-37)53-38(61)25(2)3/h13-16,22,25,28,31-32H,6-12,17-21,23-24H2,1-5H3,(H,48,58)(H,51,62)(H2,49,52,53,54,61,63)/t28-,31-,32+/m1/s1. The highest BCUT2D eigenvalue weighted by molar-refractivity contribution is 6.00. The molecule has 0 aliphatic carbocycles. The van der Waals surface area contributed by atoms with Crippen LogP contribution in [0.5, 0.6) is 0 Å². The van der Waals surface area contributed by atoms with Gasteiger partial charge in [0.25, 0.3) is 11.5 Å². The molecule has 20 nitrogen and oxygen atoms in total. The molecule has 4 N–H and O–H groups in total. The molecule has 3 heterocycles. The number of alkyl halides is 3. The molecule has 67 heavy (non-hydrogen) atoms. The van der Waals surface area contributed by atoms with Crippen molar-refractivity contribution in [2.24, 2.45) is 5.92 Å². The number of carbonyl (C=O) groups is 8. The monoisotopic (exact) mass is 943 g/mol. The van der Waals surface area contributed by atoms with E-state index in [9.17, 15) is 56.3 Å². The van der Waals surface area contributed by atoms with Crippen molar-refractivity contribution >= 4 is 70.1 Å². The second kappa shape index (κ2) is 24.6. The molecule has 364 valence electrons. The number of methoxy groups -OCH3 is 1.